The van der Waals surface area contributed by atoms with Crippen molar-refractivity contribution in [2.24, 2.45) is 0 Å². The van der Waals surface area contributed by atoms with E-state index in [9.17, 15) is 4.79 Å². The molecule has 1 aromatic heterocycles. The number of hydrogen-bond donors (Lipinski definition) is 2. The predicted molar refractivity (Wildman–Crippen MR) is 87.0 cm³/mol. The summed E-state index contributed by atoms with van der Waals surface area (Å²) in [6.07, 6.45) is 0. The Morgan fingerprint density at radius 3 is 2.62 bits per heavy atom. The molecule has 0 spiro atoms. The first kappa shape index (κ1) is 15.1. The van der Waals surface area contributed by atoms with Crippen molar-refractivity contribution in [2.45, 2.75) is 0 Å². The molecule has 2 aromatic rings. The summed E-state index contributed by atoms with van der Waals surface area (Å²) >= 11 is 1.33. The molecule has 0 aliphatic heterocycles. The number of nitrogens with zero attached hydrogens (tertiary/aromatic N) is 1. The number of nitrogens with one attached hydrogen (secondary N) is 1. The third-order valence-electron chi connectivity index (χ3n) is 2.82. The minimum absolute atomic E-state index is 0.190. The van der Waals surface area contributed by atoms with E-state index in [1.54, 1.807) is 6.07 Å². The highest BCUT2D eigenvalue weighted by Gasteiger charge is 2.12. The van der Waals surface area contributed by atoms with Crippen LogP contribution in [0.15, 0.2) is 35.7 Å². The number of aliphatic hydroxyl groups is 1. The normalized spacial score (nSPS) is 9.67. The monoisotopic (exact) mass is 300 g/mol. The molecule has 2 N–H and O–H groups in total. The van der Waals surface area contributed by atoms with Gasteiger partial charge in [-0.05, 0) is 35.7 Å². The number of aliphatic hydroxyl groups excluding tert-OH is 1. The van der Waals surface area contributed by atoms with Crippen molar-refractivity contribution in [2.75, 3.05) is 30.9 Å². The van der Waals surface area contributed by atoms with Crippen molar-refractivity contribution in [1.82, 2.24) is 0 Å². The molecule has 5 heteroatoms. The van der Waals surface area contributed by atoms with Crippen LogP contribution in [-0.4, -0.2) is 31.7 Å². The van der Waals surface area contributed by atoms with E-state index >= 15 is 0 Å². The molecule has 0 aliphatic rings. The van der Waals surface area contributed by atoms with Gasteiger partial charge in [-0.25, -0.2) is 0 Å². The van der Waals surface area contributed by atoms with E-state index < -0.39 is 0 Å². The van der Waals surface area contributed by atoms with Gasteiger partial charge in [0.15, 0.2) is 0 Å². The number of amides is 1. The minimum atomic E-state index is -0.219. The highest BCUT2D eigenvalue weighted by atomic mass is 32.1. The van der Waals surface area contributed by atoms with Gasteiger partial charge in [0.05, 0.1) is 0 Å². The molecule has 21 heavy (non-hydrogen) atoms. The van der Waals surface area contributed by atoms with Gasteiger partial charge in [-0.2, -0.15) is 0 Å². The van der Waals surface area contributed by atoms with E-state index in [-0.39, 0.29) is 12.5 Å². The topological polar surface area (TPSA) is 52.6 Å². The Kier molecular flexibility index (Phi) is 4.99. The molecule has 4 nitrogen and oxygen atoms in total. The van der Waals surface area contributed by atoms with Gasteiger partial charge >= 0.3 is 0 Å². The van der Waals surface area contributed by atoms with Crippen LogP contribution in [0, 0.1) is 11.8 Å². The van der Waals surface area contributed by atoms with Crippen LogP contribution >= 0.6 is 11.3 Å². The average molecular weight is 300 g/mol. The molecule has 0 saturated heterocycles. The molecule has 0 atom stereocenters. The van der Waals surface area contributed by atoms with Crippen molar-refractivity contribution in [3.63, 3.8) is 0 Å². The van der Waals surface area contributed by atoms with Gasteiger partial charge in [0.2, 0.25) is 0 Å². The Labute approximate surface area is 128 Å². The van der Waals surface area contributed by atoms with Crippen LogP contribution in [0.1, 0.15) is 15.2 Å². The van der Waals surface area contributed by atoms with Crippen LogP contribution in [0.4, 0.5) is 11.4 Å². The Balaban J connectivity index is 2.13. The fraction of sp³-hybridized carbons (Fsp3) is 0.188. The van der Waals surface area contributed by atoms with Gasteiger partial charge in [0.25, 0.3) is 5.91 Å². The van der Waals surface area contributed by atoms with Crippen molar-refractivity contribution in [3.8, 4) is 11.8 Å². The number of benzene rings is 1. The molecular weight excluding hydrogens is 284 g/mol. The SMILES string of the molecule is CN(C)c1ccc(NC(=O)c2sccc2C#CCO)cc1. The smallest absolute Gasteiger partial charge is 0.267 e. The lowest BCUT2D eigenvalue weighted by atomic mass is 10.2. The molecule has 1 heterocycles. The molecule has 1 aromatic carbocycles. The van der Waals surface area contributed by atoms with Gasteiger partial charge in [-0.1, -0.05) is 11.8 Å². The van der Waals surface area contributed by atoms with Gasteiger partial charge in [-0.15, -0.1) is 11.3 Å². The number of rotatable bonds is 3. The summed E-state index contributed by atoms with van der Waals surface area (Å²) in [4.78, 5) is 14.8. The maximum atomic E-state index is 12.2. The van der Waals surface area contributed by atoms with Crippen LogP contribution in [0.25, 0.3) is 0 Å². The quantitative estimate of drug-likeness (QED) is 0.856. The van der Waals surface area contributed by atoms with Crippen molar-refractivity contribution in [1.29, 1.82) is 0 Å². The Morgan fingerprint density at radius 1 is 1.29 bits per heavy atom. The second kappa shape index (κ2) is 6.93. The molecule has 0 unspecified atom stereocenters. The molecule has 0 fully saturated rings. The Hall–Kier alpha value is -2.29. The van der Waals surface area contributed by atoms with E-state index in [2.05, 4.69) is 17.2 Å². The number of thiophene rings is 1. The first-order valence-electron chi connectivity index (χ1n) is 6.38. The second-order valence-electron chi connectivity index (χ2n) is 4.52. The highest BCUT2D eigenvalue weighted by molar-refractivity contribution is 7.12. The molecule has 108 valence electrons. The fourth-order valence-electron chi connectivity index (χ4n) is 1.75. The molecule has 0 aliphatic carbocycles. The van der Waals surface area contributed by atoms with E-state index in [1.165, 1.54) is 11.3 Å². The summed E-state index contributed by atoms with van der Waals surface area (Å²) in [5.41, 5.74) is 2.44. The summed E-state index contributed by atoms with van der Waals surface area (Å²) in [6.45, 7) is -0.219. The lowest BCUT2D eigenvalue weighted by molar-refractivity contribution is 0.103. The Bertz CT molecular complexity index is 678. The zero-order valence-electron chi connectivity index (χ0n) is 11.9. The number of carbonyl (C=O) groups excluding carboxylic acids is 1. The van der Waals surface area contributed by atoms with Crippen LogP contribution in [0.5, 0.6) is 0 Å². The molecule has 1 amide bonds. The molecular formula is C16H16N2O2S. The largest absolute Gasteiger partial charge is 0.384 e. The molecule has 0 radical (unpaired) electrons. The summed E-state index contributed by atoms with van der Waals surface area (Å²) in [6, 6.07) is 9.38. The Morgan fingerprint density at radius 2 is 2.00 bits per heavy atom. The molecule has 0 bridgehead atoms. The summed E-state index contributed by atoms with van der Waals surface area (Å²) in [5.74, 6) is 5.14. The third-order valence-corrected chi connectivity index (χ3v) is 3.73. The van der Waals surface area contributed by atoms with Crippen molar-refractivity contribution in [3.05, 3.63) is 46.2 Å². The predicted octanol–water partition coefficient (Wildman–Crippen LogP) is 2.41. The van der Waals surface area contributed by atoms with Crippen LogP contribution in [0.2, 0.25) is 0 Å². The van der Waals surface area contributed by atoms with E-state index in [4.69, 9.17) is 5.11 Å². The standard InChI is InChI=1S/C16H16N2O2S/c1-18(2)14-7-5-13(6-8-14)17-16(20)15-12(4-3-10-19)9-11-21-15/h5-9,11,19H,10H2,1-2H3,(H,17,20). The minimum Gasteiger partial charge on any atom is -0.384 e. The number of anilines is 2. The zero-order valence-corrected chi connectivity index (χ0v) is 12.7. The van der Waals surface area contributed by atoms with Crippen LogP contribution in [-0.2, 0) is 0 Å². The first-order valence-corrected chi connectivity index (χ1v) is 7.25. The zero-order chi connectivity index (χ0) is 15.2. The highest BCUT2D eigenvalue weighted by Crippen LogP contribution is 2.20. The van der Waals surface area contributed by atoms with E-state index in [1.807, 2.05) is 48.6 Å². The van der Waals surface area contributed by atoms with Crippen LogP contribution < -0.4 is 10.2 Å². The van der Waals surface area contributed by atoms with Crippen molar-refractivity contribution < 1.29 is 9.90 Å². The maximum absolute atomic E-state index is 12.2. The maximum Gasteiger partial charge on any atom is 0.267 e. The number of hydrogen-bond acceptors (Lipinski definition) is 4. The second-order valence-corrected chi connectivity index (χ2v) is 5.43. The summed E-state index contributed by atoms with van der Waals surface area (Å²) in [7, 11) is 3.93. The van der Waals surface area contributed by atoms with Gasteiger partial charge in [0, 0.05) is 31.0 Å². The molecule has 0 saturated carbocycles. The number of carbonyl (C=O) groups is 1. The fourth-order valence-corrected chi connectivity index (χ4v) is 2.49. The average Bonchev–Trinajstić information content (AvgIpc) is 2.94. The first-order chi connectivity index (χ1) is 10.1. The van der Waals surface area contributed by atoms with E-state index in [0.717, 1.165) is 11.4 Å². The van der Waals surface area contributed by atoms with E-state index in [0.29, 0.717) is 10.4 Å². The van der Waals surface area contributed by atoms with Gasteiger partial charge in [0.1, 0.15) is 11.5 Å². The lowest BCUT2D eigenvalue weighted by Gasteiger charge is -2.12. The van der Waals surface area contributed by atoms with Crippen LogP contribution in [0.3, 0.4) is 0 Å². The third kappa shape index (κ3) is 3.85. The summed E-state index contributed by atoms with van der Waals surface area (Å²) in [5, 5.41) is 13.4. The lowest BCUT2D eigenvalue weighted by Crippen LogP contribution is -2.12. The van der Waals surface area contributed by atoms with Gasteiger partial charge < -0.3 is 15.3 Å². The molecule has 2 rings (SSSR count). The summed E-state index contributed by atoms with van der Waals surface area (Å²) < 4.78 is 0. The van der Waals surface area contributed by atoms with Gasteiger partial charge in [-0.3, -0.25) is 4.79 Å². The van der Waals surface area contributed by atoms with Crippen molar-refractivity contribution >= 4 is 28.6 Å².